The Morgan fingerprint density at radius 2 is 0.577 bits per heavy atom. The maximum absolute atomic E-state index is 7.32. The minimum atomic E-state index is 0. The third-order valence-electron chi connectivity index (χ3n) is 0. The first-order chi connectivity index (χ1) is 11.1. The van der Waals surface area contributed by atoms with Crippen molar-refractivity contribution in [2.75, 3.05) is 56.4 Å². The van der Waals surface area contributed by atoms with Gasteiger partial charge in [0.15, 0.2) is 0 Å². The summed E-state index contributed by atoms with van der Waals surface area (Å²) in [5, 5.41) is 41.2. The summed E-state index contributed by atoms with van der Waals surface area (Å²) in [7, 11) is 17.0. The molecule has 7 nitrogen and oxygen atoms in total. The molecule has 0 unspecified atom stereocenters. The molecule has 0 amide bonds. The van der Waals surface area contributed by atoms with Gasteiger partial charge in [0.2, 0.25) is 0 Å². The molecule has 0 heterocycles. The second-order valence-corrected chi connectivity index (χ2v) is 6.69. The Morgan fingerprint density at radius 3 is 0.577 bits per heavy atom. The molecule has 0 aromatic rings. The molecule has 0 radical (unpaired) electrons. The quantitative estimate of drug-likeness (QED) is 0.228. The van der Waals surface area contributed by atoms with Gasteiger partial charge in [0, 0.05) is 6.92 Å². The zero-order chi connectivity index (χ0) is 22.5. The molecule has 0 aromatic heterocycles. The Hall–Kier alpha value is -0.871. The van der Waals surface area contributed by atoms with E-state index < -0.39 is 0 Å². The van der Waals surface area contributed by atoms with Crippen molar-refractivity contribution >= 4 is 69.5 Å². The van der Waals surface area contributed by atoms with Crippen LogP contribution >= 0.6 is 48.9 Å². The van der Waals surface area contributed by atoms with Crippen LogP contribution in [0.5, 0.6) is 0 Å². The molecule has 0 aliphatic rings. The molecular weight excluding hydrogens is 450 g/mol. The number of isothiocyanates is 4. The van der Waals surface area contributed by atoms with Crippen molar-refractivity contribution < 1.29 is 26.0 Å². The molecule has 0 aliphatic heterocycles. The molecule has 0 saturated carbocycles. The molecule has 0 atom stereocenters. The summed E-state index contributed by atoms with van der Waals surface area (Å²) in [4.78, 5) is 0. The summed E-state index contributed by atoms with van der Waals surface area (Å²) in [6.07, 6.45) is 0. The van der Waals surface area contributed by atoms with E-state index in [1.54, 1.807) is 6.07 Å². The number of hydrogen-bond donors (Lipinski definition) is 0. The molecule has 0 N–H and O–H groups in total. The van der Waals surface area contributed by atoms with Crippen LogP contribution in [0.4, 0.5) is 0 Å². The summed E-state index contributed by atoms with van der Waals surface area (Å²) in [5.74, 6) is 0. The molecule has 0 rings (SSSR count). The first-order valence-electron chi connectivity index (χ1n) is 6.01. The van der Waals surface area contributed by atoms with Gasteiger partial charge in [0.1, 0.15) is 0 Å². The van der Waals surface area contributed by atoms with Gasteiger partial charge in [-0.3, -0.25) is 0 Å². The van der Waals surface area contributed by atoms with E-state index in [0.717, 1.165) is 8.97 Å². The Kier molecular flexibility index (Phi) is 95.2. The molecule has 26 heavy (non-hydrogen) atoms. The molecule has 12 heteroatoms. The number of rotatable bonds is 0. The molecular formula is C14H27FeN7S4. The average molecular weight is 478 g/mol. The molecule has 0 fully saturated rings. The standard InChI is InChI=1S/2C4H12N.C2H3N.4CNS.Fe/c2*1-5(2,3)4;1-2-3;4*2-1-3;/h2*1-4H3;1H3;;;;;/q2*+1;;4*-1;+2. The van der Waals surface area contributed by atoms with Crippen molar-refractivity contribution in [3.05, 3.63) is 21.6 Å². The Bertz CT molecular complexity index is 354. The van der Waals surface area contributed by atoms with E-state index in [2.05, 4.69) is 105 Å². The number of hydrogen-bond acceptors (Lipinski definition) is 5. The van der Waals surface area contributed by atoms with Crippen LogP contribution in [0.15, 0.2) is 0 Å². The van der Waals surface area contributed by atoms with Crippen molar-refractivity contribution in [3.63, 3.8) is 0 Å². The number of nitriles is 1. The summed E-state index contributed by atoms with van der Waals surface area (Å²) < 4.78 is 2.00. The number of quaternary nitrogens is 2. The first kappa shape index (κ1) is 49.9. The van der Waals surface area contributed by atoms with Crippen LogP contribution in [-0.2, 0) is 17.1 Å². The summed E-state index contributed by atoms with van der Waals surface area (Å²) in [6, 6.07) is 1.75. The molecule has 0 saturated heterocycles. The van der Waals surface area contributed by atoms with Gasteiger partial charge < -0.3 is 30.6 Å². The second-order valence-electron chi connectivity index (χ2n) is 5.96. The van der Waals surface area contributed by atoms with Crippen molar-refractivity contribution in [2.24, 2.45) is 0 Å². The van der Waals surface area contributed by atoms with Gasteiger partial charge in [-0.2, -0.15) is 25.9 Å². The first-order valence-corrected chi connectivity index (χ1v) is 7.65. The van der Waals surface area contributed by atoms with Crippen molar-refractivity contribution in [1.82, 2.24) is 0 Å². The monoisotopic (exact) mass is 477 g/mol. The Balaban J connectivity index is -0.0000000245. The summed E-state index contributed by atoms with van der Waals surface area (Å²) >= 11 is 14.8. The van der Waals surface area contributed by atoms with Gasteiger partial charge in [0.05, 0.1) is 62.5 Å². The van der Waals surface area contributed by atoms with E-state index in [4.69, 9.17) is 26.9 Å². The zero-order valence-corrected chi connectivity index (χ0v) is 21.0. The van der Waals surface area contributed by atoms with Crippen LogP contribution in [0.2, 0.25) is 0 Å². The van der Waals surface area contributed by atoms with Crippen LogP contribution in [0.25, 0.3) is 21.6 Å². The van der Waals surface area contributed by atoms with Crippen LogP contribution in [0.3, 0.4) is 0 Å². The van der Waals surface area contributed by atoms with Gasteiger partial charge in [-0.15, -0.1) is 0 Å². The van der Waals surface area contributed by atoms with Gasteiger partial charge in [0.25, 0.3) is 0 Å². The molecule has 0 bridgehead atoms. The van der Waals surface area contributed by atoms with Gasteiger partial charge >= 0.3 is 17.1 Å². The van der Waals surface area contributed by atoms with Crippen molar-refractivity contribution in [1.29, 1.82) is 5.26 Å². The van der Waals surface area contributed by atoms with E-state index in [-0.39, 0.29) is 17.1 Å². The average Bonchev–Trinajstić information content (AvgIpc) is 2.28. The van der Waals surface area contributed by atoms with Gasteiger partial charge in [-0.1, -0.05) is 48.9 Å². The van der Waals surface area contributed by atoms with Crippen molar-refractivity contribution in [2.45, 2.75) is 6.92 Å². The largest absolute Gasteiger partial charge is 2.00 e. The molecule has 0 aromatic carbocycles. The maximum Gasteiger partial charge on any atom is 2.00 e. The minimum absolute atomic E-state index is 0. The normalized spacial score (nSPS) is 6.15. The number of nitrogens with zero attached hydrogens (tertiary/aromatic N) is 7. The van der Waals surface area contributed by atoms with Crippen LogP contribution in [-0.4, -0.2) is 86.0 Å². The van der Waals surface area contributed by atoms with E-state index in [9.17, 15) is 0 Å². The third kappa shape index (κ3) is 14900. The zero-order valence-electron chi connectivity index (χ0n) is 16.6. The minimum Gasteiger partial charge on any atom is -0.753 e. The fraction of sp³-hybridized carbons (Fsp3) is 0.643. The molecule has 0 aliphatic carbocycles. The maximum atomic E-state index is 7.32. The Labute approximate surface area is 191 Å². The van der Waals surface area contributed by atoms with Crippen LogP contribution in [0, 0.1) is 11.3 Å². The third-order valence-corrected chi connectivity index (χ3v) is 0. The van der Waals surface area contributed by atoms with Crippen molar-refractivity contribution in [3.8, 4) is 6.07 Å². The fourth-order valence-corrected chi connectivity index (χ4v) is 0. The number of thiocarbonyl (C=S) groups is 4. The van der Waals surface area contributed by atoms with E-state index in [1.807, 2.05) is 0 Å². The Morgan fingerprint density at radius 1 is 0.577 bits per heavy atom. The molecule has 150 valence electrons. The predicted molar refractivity (Wildman–Crippen MR) is 123 cm³/mol. The van der Waals surface area contributed by atoms with Gasteiger partial charge in [-0.05, 0) is 0 Å². The smallest absolute Gasteiger partial charge is 0.753 e. The van der Waals surface area contributed by atoms with Gasteiger partial charge in [-0.25, -0.2) is 0 Å². The predicted octanol–water partition coefficient (Wildman–Crippen LogP) is 3.81. The van der Waals surface area contributed by atoms with E-state index in [0.29, 0.717) is 0 Å². The topological polar surface area (TPSA) is 113 Å². The van der Waals surface area contributed by atoms with Crippen LogP contribution < -0.4 is 0 Å². The van der Waals surface area contributed by atoms with E-state index in [1.165, 1.54) is 27.6 Å². The SMILES string of the molecule is CC#N.C[N+](C)(C)C.C[N+](C)(C)C.[Fe+2].[N-]=C=S.[N-]=C=S.[N-]=C=S.[N-]=C=S. The summed E-state index contributed by atoms with van der Waals surface area (Å²) in [6.45, 7) is 1.43. The fourth-order valence-electron chi connectivity index (χ4n) is 0. The summed E-state index contributed by atoms with van der Waals surface area (Å²) in [5.41, 5.74) is 0. The van der Waals surface area contributed by atoms with Crippen LogP contribution in [0.1, 0.15) is 6.92 Å². The molecule has 0 spiro atoms. The van der Waals surface area contributed by atoms with E-state index >= 15 is 0 Å². The second kappa shape index (κ2) is 49.6.